The maximum atomic E-state index is 13.3. The maximum absolute atomic E-state index is 13.3. The molecule has 8 nitrogen and oxygen atoms in total. The number of aromatic amines is 1. The molecule has 2 aromatic carbocycles. The smallest absolute Gasteiger partial charge is 0.350 e. The van der Waals surface area contributed by atoms with Crippen molar-refractivity contribution in [3.05, 3.63) is 87.9 Å². The molecule has 1 unspecified atom stereocenters. The molecule has 158 valence electrons. The molecule has 4 rings (SSSR count). The van der Waals surface area contributed by atoms with Crippen molar-refractivity contribution in [2.24, 2.45) is 0 Å². The van der Waals surface area contributed by atoms with Gasteiger partial charge in [0.2, 0.25) is 0 Å². The largest absolute Gasteiger partial charge is 0.378 e. The number of hydrogen-bond acceptors (Lipinski definition) is 6. The minimum Gasteiger partial charge on any atom is -0.378 e. The number of benzene rings is 2. The minimum atomic E-state index is -2.20. The summed E-state index contributed by atoms with van der Waals surface area (Å²) < 4.78 is 25.2. The van der Waals surface area contributed by atoms with Crippen LogP contribution in [0.15, 0.2) is 59.4 Å². The van der Waals surface area contributed by atoms with E-state index >= 15 is 0 Å². The molecule has 0 radical (unpaired) electrons. The number of morpholine rings is 1. The van der Waals surface area contributed by atoms with Crippen molar-refractivity contribution in [2.75, 3.05) is 19.8 Å². The molecule has 3 aromatic rings. The maximum Gasteiger partial charge on any atom is 0.350 e. The number of nitrogens with one attached hydrogen (secondary N) is 1. The van der Waals surface area contributed by atoms with E-state index in [1.165, 1.54) is 12.1 Å². The SMILES string of the molecule is O=c1[nH]c(CN2CCOC[C@@H]2c2ccc(F)cc2)nn1P(O)OCc1ccccc1. The zero-order valence-corrected chi connectivity index (χ0v) is 17.0. The molecule has 1 aliphatic rings. The summed E-state index contributed by atoms with van der Waals surface area (Å²) in [5.41, 5.74) is 1.28. The molecule has 0 bridgehead atoms. The van der Waals surface area contributed by atoms with E-state index in [2.05, 4.69) is 15.0 Å². The van der Waals surface area contributed by atoms with Gasteiger partial charge in [0.15, 0.2) is 0 Å². The topological polar surface area (TPSA) is 92.6 Å². The normalized spacial score (nSPS) is 18.4. The van der Waals surface area contributed by atoms with Crippen LogP contribution in [0.3, 0.4) is 0 Å². The molecular formula is C20H22FN4O4P. The molecule has 1 fully saturated rings. The second kappa shape index (κ2) is 9.59. The Morgan fingerprint density at radius 1 is 1.23 bits per heavy atom. The van der Waals surface area contributed by atoms with Gasteiger partial charge in [0, 0.05) is 6.54 Å². The van der Waals surface area contributed by atoms with Crippen LogP contribution in [0.1, 0.15) is 23.0 Å². The first-order valence-corrected chi connectivity index (χ1v) is 10.7. The van der Waals surface area contributed by atoms with Gasteiger partial charge in [-0.1, -0.05) is 42.5 Å². The summed E-state index contributed by atoms with van der Waals surface area (Å²) in [4.78, 5) is 27.3. The molecular weight excluding hydrogens is 410 g/mol. The monoisotopic (exact) mass is 432 g/mol. The van der Waals surface area contributed by atoms with Crippen molar-refractivity contribution in [1.29, 1.82) is 0 Å². The van der Waals surface area contributed by atoms with Crippen LogP contribution in [0, 0.1) is 5.82 Å². The van der Waals surface area contributed by atoms with Crippen LogP contribution in [0.25, 0.3) is 0 Å². The number of nitrogens with zero attached hydrogens (tertiary/aromatic N) is 3. The summed E-state index contributed by atoms with van der Waals surface area (Å²) >= 11 is 0. The van der Waals surface area contributed by atoms with E-state index in [-0.39, 0.29) is 18.5 Å². The van der Waals surface area contributed by atoms with Crippen molar-refractivity contribution in [1.82, 2.24) is 19.4 Å². The first kappa shape index (κ1) is 20.8. The van der Waals surface area contributed by atoms with Gasteiger partial charge in [0.05, 0.1) is 32.4 Å². The second-order valence-corrected chi connectivity index (χ2v) is 8.03. The molecule has 1 aromatic heterocycles. The molecule has 2 heterocycles. The summed E-state index contributed by atoms with van der Waals surface area (Å²) in [5.74, 6) is 0.121. The van der Waals surface area contributed by atoms with Crippen molar-refractivity contribution in [2.45, 2.75) is 19.2 Å². The average molecular weight is 432 g/mol. The third-order valence-corrected chi connectivity index (χ3v) is 5.80. The lowest BCUT2D eigenvalue weighted by molar-refractivity contribution is -0.0138. The number of H-pyrrole nitrogens is 1. The number of hydrogen-bond donors (Lipinski definition) is 2. The standard InChI is InChI=1S/C20H22FN4O4P/c21-17-8-6-16(7-9-17)18-14-28-11-10-24(18)12-19-22-20(26)25(23-19)30(27)29-13-15-4-2-1-3-5-15/h1-9,18,27H,10-14H2,(H,22,23,26)/t18-,30?/m1/s1. The Morgan fingerprint density at radius 3 is 2.77 bits per heavy atom. The van der Waals surface area contributed by atoms with Crippen molar-refractivity contribution in [3.63, 3.8) is 0 Å². The fraction of sp³-hybridized carbons (Fsp3) is 0.300. The van der Waals surface area contributed by atoms with Crippen LogP contribution >= 0.6 is 8.53 Å². The third-order valence-electron chi connectivity index (χ3n) is 4.85. The first-order valence-electron chi connectivity index (χ1n) is 9.52. The molecule has 0 saturated carbocycles. The van der Waals surface area contributed by atoms with Crippen LogP contribution in [0.4, 0.5) is 4.39 Å². The van der Waals surface area contributed by atoms with Gasteiger partial charge in [0.25, 0.3) is 0 Å². The highest BCUT2D eigenvalue weighted by Gasteiger charge is 2.26. The lowest BCUT2D eigenvalue weighted by Gasteiger charge is -2.35. The summed E-state index contributed by atoms with van der Waals surface area (Å²) in [6.45, 7) is 2.18. The van der Waals surface area contributed by atoms with Crippen molar-refractivity contribution >= 4 is 8.53 Å². The summed E-state index contributed by atoms with van der Waals surface area (Å²) in [6.07, 6.45) is 0. The predicted molar refractivity (Wildman–Crippen MR) is 109 cm³/mol. The molecule has 2 atom stereocenters. The number of rotatable bonds is 7. The van der Waals surface area contributed by atoms with Crippen LogP contribution in [0.2, 0.25) is 0 Å². The number of aromatic nitrogens is 3. The van der Waals surface area contributed by atoms with E-state index in [9.17, 15) is 14.1 Å². The third kappa shape index (κ3) is 5.00. The Bertz CT molecular complexity index is 1010. The van der Waals surface area contributed by atoms with Gasteiger partial charge in [-0.25, -0.2) is 9.18 Å². The van der Waals surface area contributed by atoms with Gasteiger partial charge in [0.1, 0.15) is 11.6 Å². The van der Waals surface area contributed by atoms with E-state index in [0.717, 1.165) is 15.6 Å². The number of ether oxygens (including phenoxy) is 1. The van der Waals surface area contributed by atoms with Crippen LogP contribution in [0.5, 0.6) is 0 Å². The van der Waals surface area contributed by atoms with Crippen molar-refractivity contribution < 1.29 is 18.5 Å². The van der Waals surface area contributed by atoms with E-state index in [0.29, 0.717) is 32.1 Å². The Morgan fingerprint density at radius 2 is 2.00 bits per heavy atom. The molecule has 0 amide bonds. The molecule has 1 aliphatic heterocycles. The minimum absolute atomic E-state index is 0.0852. The second-order valence-electron chi connectivity index (χ2n) is 6.89. The fourth-order valence-electron chi connectivity index (χ4n) is 3.32. The van der Waals surface area contributed by atoms with Crippen molar-refractivity contribution in [3.8, 4) is 0 Å². The molecule has 10 heteroatoms. The van der Waals surface area contributed by atoms with E-state index in [4.69, 9.17) is 9.26 Å². The molecule has 1 saturated heterocycles. The van der Waals surface area contributed by atoms with E-state index in [1.54, 1.807) is 12.1 Å². The summed E-state index contributed by atoms with van der Waals surface area (Å²) in [7, 11) is -2.20. The Kier molecular flexibility index (Phi) is 6.66. The highest BCUT2D eigenvalue weighted by molar-refractivity contribution is 7.44. The lowest BCUT2D eigenvalue weighted by atomic mass is 10.0. The van der Waals surface area contributed by atoms with Gasteiger partial charge in [-0.3, -0.25) is 9.88 Å². The Labute approximate surface area is 173 Å². The quantitative estimate of drug-likeness (QED) is 0.558. The van der Waals surface area contributed by atoms with Crippen LogP contribution in [-0.4, -0.2) is 44.1 Å². The zero-order chi connectivity index (χ0) is 20.9. The summed E-state index contributed by atoms with van der Waals surface area (Å²) in [5, 5.41) is 4.22. The number of halogens is 1. The molecule has 0 aliphatic carbocycles. The summed E-state index contributed by atoms with van der Waals surface area (Å²) in [6, 6.07) is 15.6. The van der Waals surface area contributed by atoms with Gasteiger partial charge in [-0.05, 0) is 23.3 Å². The molecule has 0 spiro atoms. The van der Waals surface area contributed by atoms with Crippen LogP contribution < -0.4 is 5.69 Å². The average Bonchev–Trinajstić information content (AvgIpc) is 3.14. The van der Waals surface area contributed by atoms with Gasteiger partial charge < -0.3 is 14.2 Å². The van der Waals surface area contributed by atoms with Gasteiger partial charge >= 0.3 is 14.2 Å². The highest BCUT2D eigenvalue weighted by Crippen LogP contribution is 2.32. The first-order chi connectivity index (χ1) is 14.6. The molecule has 30 heavy (non-hydrogen) atoms. The fourth-order valence-corrected chi connectivity index (χ4v) is 4.08. The predicted octanol–water partition coefficient (Wildman–Crippen LogP) is 2.57. The van der Waals surface area contributed by atoms with E-state index < -0.39 is 14.2 Å². The highest BCUT2D eigenvalue weighted by atomic mass is 31.2. The Balaban J connectivity index is 1.44. The zero-order valence-electron chi connectivity index (χ0n) is 16.1. The van der Waals surface area contributed by atoms with Crippen LogP contribution in [-0.2, 0) is 22.4 Å². The van der Waals surface area contributed by atoms with Gasteiger partial charge in [-0.15, -0.1) is 9.55 Å². The van der Waals surface area contributed by atoms with E-state index in [1.807, 2.05) is 30.3 Å². The Hall–Kier alpha value is -2.42. The van der Waals surface area contributed by atoms with Gasteiger partial charge in [-0.2, -0.15) is 0 Å². The lowest BCUT2D eigenvalue weighted by Crippen LogP contribution is -2.39. The molecule has 2 N–H and O–H groups in total.